The van der Waals surface area contributed by atoms with Gasteiger partial charge in [0.05, 0.1) is 82.4 Å². The maximum atomic E-state index is 10.8. The molecule has 9 rings (SSSR count). The molecule has 0 radical (unpaired) electrons. The molecule has 28 N–H and O–H groups in total. The molecule has 0 aromatic heterocycles. The predicted molar refractivity (Wildman–Crippen MR) is 317 cm³/mol. The van der Waals surface area contributed by atoms with Gasteiger partial charge in [-0.15, -0.1) is 0 Å². The summed E-state index contributed by atoms with van der Waals surface area (Å²) in [5.74, 6) is 0. The SMILES string of the molecule is CC1O[C@@H](C)C(O)C(O)[C@H]1O.CC1O[C@@H](O[C@@H]2C(O)[C@H](C)OC(CO)[C@H]2O)C(O)[C@@H](O)[C@H]1O.CC1O[C@@H](O[C@@H]2C(O)[C@H](O[C@@H]3C(CO)O[C@H](C)C(O)[C@H]3O)OC(CO)[C@H]2O)C(O)[C@@H](O)[C@H]1O.C[C@H]1OC(CO)[C@@H](O)[C@H](O)C1O[C@H]1OC(CO)[C@@H](O[C@@H]2OC(CO)[C@@H](O)[C@H](O)C2O)[C@H](O)C1O. The lowest BCUT2D eigenvalue weighted by molar-refractivity contribution is -0.372. The van der Waals surface area contributed by atoms with Crippen LogP contribution in [0.25, 0.3) is 0 Å². The van der Waals surface area contributed by atoms with Crippen LogP contribution >= 0.6 is 0 Å². The van der Waals surface area contributed by atoms with Gasteiger partial charge in [-0.2, -0.15) is 0 Å². The second-order valence-electron chi connectivity index (χ2n) is 26.1. The number of hydrogen-bond donors (Lipinski definition) is 28. The van der Waals surface area contributed by atoms with E-state index in [1.807, 2.05) is 0 Å². The lowest BCUT2D eigenvalue weighted by Gasteiger charge is -2.48. The van der Waals surface area contributed by atoms with Gasteiger partial charge >= 0.3 is 0 Å². The fourth-order valence-electron chi connectivity index (χ4n) is 12.5. The van der Waals surface area contributed by atoms with Crippen LogP contribution in [0.15, 0.2) is 0 Å². The monoisotopic (exact) mass is 1470 g/mol. The molecule has 590 valence electrons. The summed E-state index contributed by atoms with van der Waals surface area (Å²) in [6.07, 6.45) is -59.6. The number of hydrogen-bond acceptors (Lipinski definition) is 42. The third-order valence-corrected chi connectivity index (χ3v) is 19.0. The van der Waals surface area contributed by atoms with Gasteiger partial charge in [0.25, 0.3) is 0 Å². The van der Waals surface area contributed by atoms with Gasteiger partial charge in [-0.3, -0.25) is 0 Å². The molecule has 0 bridgehead atoms. The Balaban J connectivity index is 0.000000223. The summed E-state index contributed by atoms with van der Waals surface area (Å²) >= 11 is 0. The molecule has 9 heterocycles. The van der Waals surface area contributed by atoms with Crippen LogP contribution < -0.4 is 0 Å². The molecule has 9 fully saturated rings. The Morgan fingerprint density at radius 2 is 0.390 bits per heavy atom. The Morgan fingerprint density at radius 1 is 0.170 bits per heavy atom. The predicted octanol–water partition coefficient (Wildman–Crippen LogP) is -16.4. The maximum absolute atomic E-state index is 10.8. The summed E-state index contributed by atoms with van der Waals surface area (Å²) in [7, 11) is 0. The van der Waals surface area contributed by atoms with Crippen molar-refractivity contribution in [2.75, 3.05) is 39.6 Å². The Morgan fingerprint density at radius 3 is 0.820 bits per heavy atom. The Bertz CT molecular complexity index is 2330. The summed E-state index contributed by atoms with van der Waals surface area (Å²) < 4.78 is 75.5. The first-order valence-corrected chi connectivity index (χ1v) is 32.7. The van der Waals surface area contributed by atoms with Crippen LogP contribution in [0.2, 0.25) is 0 Å². The summed E-state index contributed by atoms with van der Waals surface area (Å²) in [6, 6.07) is 0. The Hall–Kier alpha value is -1.68. The topological polar surface area (TPSA) is 696 Å². The first kappa shape index (κ1) is 87.2. The average Bonchev–Trinajstić information content (AvgIpc) is 0.787. The number of aliphatic hydroxyl groups is 28. The molecule has 42 heteroatoms. The molecular formula is C58H106O42. The van der Waals surface area contributed by atoms with E-state index in [1.54, 1.807) is 20.8 Å². The molecule has 0 saturated carbocycles. The fraction of sp³-hybridized carbons (Fsp3) is 1.00. The van der Waals surface area contributed by atoms with Crippen molar-refractivity contribution in [3.63, 3.8) is 0 Å². The van der Waals surface area contributed by atoms with E-state index < -0.39 is 315 Å². The molecule has 9 saturated heterocycles. The van der Waals surface area contributed by atoms with E-state index in [0.29, 0.717) is 0 Å². The van der Waals surface area contributed by atoms with Crippen molar-refractivity contribution in [3.8, 4) is 0 Å². The maximum Gasteiger partial charge on any atom is 0.187 e. The number of rotatable bonds is 16. The lowest BCUT2D eigenvalue weighted by Crippen LogP contribution is -2.66. The summed E-state index contributed by atoms with van der Waals surface area (Å²) in [4.78, 5) is 0. The zero-order valence-corrected chi connectivity index (χ0v) is 55.5. The van der Waals surface area contributed by atoms with E-state index in [0.717, 1.165) is 0 Å². The van der Waals surface area contributed by atoms with Crippen molar-refractivity contribution in [3.05, 3.63) is 0 Å². The van der Waals surface area contributed by atoms with Crippen molar-refractivity contribution in [1.29, 1.82) is 0 Å². The summed E-state index contributed by atoms with van der Waals surface area (Å²) in [6.45, 7) is 6.94. The van der Waals surface area contributed by atoms with E-state index in [-0.39, 0.29) is 0 Å². The molecule has 0 aromatic rings. The third kappa shape index (κ3) is 19.8. The zero-order valence-electron chi connectivity index (χ0n) is 55.5. The van der Waals surface area contributed by atoms with Gasteiger partial charge in [0, 0.05) is 0 Å². The van der Waals surface area contributed by atoms with E-state index >= 15 is 0 Å². The normalized spacial score (nSPS) is 53.1. The molecular weight excluding hydrogens is 1370 g/mol. The number of aliphatic hydroxyl groups excluding tert-OH is 28. The fourth-order valence-corrected chi connectivity index (χ4v) is 12.5. The molecule has 9 aliphatic heterocycles. The molecule has 0 amide bonds. The summed E-state index contributed by atoms with van der Waals surface area (Å²) in [5.41, 5.74) is 0. The minimum atomic E-state index is -1.82. The molecule has 42 nitrogen and oxygen atoms in total. The van der Waals surface area contributed by atoms with Crippen LogP contribution in [0.4, 0.5) is 0 Å². The van der Waals surface area contributed by atoms with Crippen molar-refractivity contribution in [1.82, 2.24) is 0 Å². The van der Waals surface area contributed by atoms with Crippen LogP contribution in [0.1, 0.15) is 48.5 Å². The van der Waals surface area contributed by atoms with Crippen LogP contribution in [0.5, 0.6) is 0 Å². The first-order chi connectivity index (χ1) is 46.9. The van der Waals surface area contributed by atoms with Crippen LogP contribution in [-0.2, 0) is 66.3 Å². The zero-order chi connectivity index (χ0) is 75.1. The second-order valence-corrected chi connectivity index (χ2v) is 26.1. The molecule has 19 unspecified atom stereocenters. The highest BCUT2D eigenvalue weighted by Gasteiger charge is 2.57. The van der Waals surface area contributed by atoms with Crippen molar-refractivity contribution >= 4 is 0 Å². The van der Waals surface area contributed by atoms with Gasteiger partial charge in [-0.05, 0) is 48.5 Å². The molecule has 0 aromatic carbocycles. The van der Waals surface area contributed by atoms with Gasteiger partial charge in [0.15, 0.2) is 31.5 Å². The molecule has 9 aliphatic rings. The van der Waals surface area contributed by atoms with Crippen molar-refractivity contribution in [2.45, 2.75) is 324 Å². The Labute approximate surface area is 571 Å². The van der Waals surface area contributed by atoms with E-state index in [9.17, 15) is 143 Å². The van der Waals surface area contributed by atoms with Gasteiger partial charge < -0.3 is 209 Å². The molecule has 100 heavy (non-hydrogen) atoms. The van der Waals surface area contributed by atoms with E-state index in [4.69, 9.17) is 66.3 Å². The van der Waals surface area contributed by atoms with Crippen LogP contribution in [0.3, 0.4) is 0 Å². The van der Waals surface area contributed by atoms with Crippen molar-refractivity contribution in [2.24, 2.45) is 0 Å². The Kier molecular flexibility index (Phi) is 33.5. The highest BCUT2D eigenvalue weighted by atomic mass is 16.8. The standard InChI is InChI=1S/C19H34O15.C19H34O14.C13H24O9.C7H14O4/c1-5-16(12(26)10(24)6(2-20)30-5)33-19-15(29)13(27)17(8(4-22)32-19)34-18-14(28)11(25)9(23)7(3-21)31-18;1-5-10(23)13(26)16(8(4-21)29-5)32-19-15(28)17(11(24)7(3-20)31-19)33-18-14(27)12(25)9(22)6(2)30-18;1-4-7(15)10(18)11(19)13(21-4)22-12-8(16)5(2)20-6(3-14)9(12)17;1-3-5(8)7(10)6(9)4(2)11-3/h5-29H,2-4H2,1H3;5-28H,3-4H2,1-2H3;4-19H,3H2,1-2H3;3-10H,1-2H3/t5-,6?,7?,8?,9-,10-,11+,12+,13-,14?,15?,16?,17-,18+,19-;5-,6?,7?,8?,9+,10?,11-,12+,13-,14?,15?,16-,17+,18+,19+;4?,5-,6?,7-,8?,9+,10-,11?,12+,13-;3-,4?,5?,6-,7?/m1100/s1. The minimum Gasteiger partial charge on any atom is -0.394 e. The smallest absolute Gasteiger partial charge is 0.187 e. The average molecular weight is 1480 g/mol. The summed E-state index contributed by atoms with van der Waals surface area (Å²) in [5, 5.41) is 277. The highest BCUT2D eigenvalue weighted by molar-refractivity contribution is 5.00. The van der Waals surface area contributed by atoms with Crippen molar-refractivity contribution < 1.29 is 209 Å². The first-order valence-electron chi connectivity index (χ1n) is 32.7. The minimum absolute atomic E-state index is 0.414. The lowest BCUT2D eigenvalue weighted by atomic mass is 9.94. The van der Waals surface area contributed by atoms with E-state index in [2.05, 4.69) is 0 Å². The van der Waals surface area contributed by atoms with Gasteiger partial charge in [0.2, 0.25) is 0 Å². The molecule has 0 aliphatic carbocycles. The van der Waals surface area contributed by atoms with Gasteiger partial charge in [-0.1, -0.05) is 0 Å². The van der Waals surface area contributed by atoms with Gasteiger partial charge in [0.1, 0.15) is 201 Å². The molecule has 0 spiro atoms. The quantitative estimate of drug-likeness (QED) is 0.0682. The van der Waals surface area contributed by atoms with Crippen LogP contribution in [-0.4, -0.2) is 458 Å². The second kappa shape index (κ2) is 38.4. The van der Waals surface area contributed by atoms with Gasteiger partial charge in [-0.25, -0.2) is 0 Å². The molecule has 45 atom stereocenters. The largest absolute Gasteiger partial charge is 0.394 e. The number of ether oxygens (including phenoxy) is 14. The third-order valence-electron chi connectivity index (χ3n) is 19.0. The van der Waals surface area contributed by atoms with E-state index in [1.165, 1.54) is 27.7 Å². The van der Waals surface area contributed by atoms with Crippen LogP contribution in [0, 0.1) is 0 Å². The highest BCUT2D eigenvalue weighted by Crippen LogP contribution is 2.36.